The normalized spacial score (nSPS) is 20.9. The van der Waals surface area contributed by atoms with Crippen LogP contribution in [0.5, 0.6) is 0 Å². The Morgan fingerprint density at radius 1 is 1.17 bits per heavy atom. The molecule has 1 aromatic rings. The predicted octanol–water partition coefficient (Wildman–Crippen LogP) is 2.93. The molecule has 2 aliphatic rings. The molecule has 1 heterocycles. The molecule has 1 N–H and O–H groups in total. The molecular formula is C17H22N2O4. The Hall–Kier alpha value is -2.24. The minimum absolute atomic E-state index is 0.0735. The molecule has 1 saturated carbocycles. The first-order chi connectivity index (χ1) is 11.1. The van der Waals surface area contributed by atoms with Crippen LogP contribution in [0.3, 0.4) is 0 Å². The van der Waals surface area contributed by atoms with E-state index in [9.17, 15) is 14.7 Å². The van der Waals surface area contributed by atoms with Gasteiger partial charge in [0.05, 0.1) is 6.04 Å². The average Bonchev–Trinajstić information content (AvgIpc) is 3.39. The summed E-state index contributed by atoms with van der Waals surface area (Å²) in [6.45, 7) is 1.17. The first-order valence-corrected chi connectivity index (χ1v) is 8.12. The van der Waals surface area contributed by atoms with Crippen LogP contribution in [-0.2, 0) is 11.3 Å². The molecule has 0 aromatic heterocycles. The number of amides is 2. The van der Waals surface area contributed by atoms with Gasteiger partial charge >= 0.3 is 12.2 Å². The van der Waals surface area contributed by atoms with Gasteiger partial charge in [0.1, 0.15) is 6.61 Å². The molecule has 6 nitrogen and oxygen atoms in total. The fourth-order valence-corrected chi connectivity index (χ4v) is 3.10. The standard InChI is InChI=1S/C17H22N2O4/c20-16(21)18-10-4-7-15(11-18)19(14-8-9-14)17(22)23-12-13-5-2-1-3-6-13/h1-3,5-6,14-15H,4,7-12H2,(H,20,21). The summed E-state index contributed by atoms with van der Waals surface area (Å²) in [7, 11) is 0. The highest BCUT2D eigenvalue weighted by Gasteiger charge is 2.40. The summed E-state index contributed by atoms with van der Waals surface area (Å²) in [5.74, 6) is 0. The highest BCUT2D eigenvalue weighted by molar-refractivity contribution is 5.69. The average molecular weight is 318 g/mol. The van der Waals surface area contributed by atoms with E-state index in [1.165, 1.54) is 4.90 Å². The van der Waals surface area contributed by atoms with Gasteiger partial charge in [-0.1, -0.05) is 30.3 Å². The van der Waals surface area contributed by atoms with Gasteiger partial charge in [0.15, 0.2) is 0 Å². The van der Waals surface area contributed by atoms with Crippen LogP contribution in [0.25, 0.3) is 0 Å². The second-order valence-electron chi connectivity index (χ2n) is 6.20. The van der Waals surface area contributed by atoms with Gasteiger partial charge in [-0.3, -0.25) is 0 Å². The number of ether oxygens (including phenoxy) is 1. The molecule has 1 aliphatic carbocycles. The van der Waals surface area contributed by atoms with Crippen LogP contribution in [0, 0.1) is 0 Å². The number of carbonyl (C=O) groups is 2. The van der Waals surface area contributed by atoms with Crippen molar-refractivity contribution in [1.82, 2.24) is 9.80 Å². The lowest BCUT2D eigenvalue weighted by molar-refractivity contribution is 0.0516. The molecule has 1 atom stereocenters. The van der Waals surface area contributed by atoms with Crippen LogP contribution in [0.1, 0.15) is 31.2 Å². The van der Waals surface area contributed by atoms with Crippen molar-refractivity contribution >= 4 is 12.2 Å². The van der Waals surface area contributed by atoms with Gasteiger partial charge in [-0.25, -0.2) is 9.59 Å². The van der Waals surface area contributed by atoms with E-state index in [-0.39, 0.29) is 24.8 Å². The SMILES string of the molecule is O=C(O)N1CCCC(N(C(=O)OCc2ccccc2)C2CC2)C1. The van der Waals surface area contributed by atoms with Crippen molar-refractivity contribution in [2.45, 2.75) is 44.4 Å². The van der Waals surface area contributed by atoms with Crippen molar-refractivity contribution in [1.29, 1.82) is 0 Å². The van der Waals surface area contributed by atoms with E-state index in [1.807, 2.05) is 30.3 Å². The van der Waals surface area contributed by atoms with Gasteiger partial charge in [0, 0.05) is 19.1 Å². The number of hydrogen-bond acceptors (Lipinski definition) is 3. The Balaban J connectivity index is 1.61. The largest absolute Gasteiger partial charge is 0.465 e. The van der Waals surface area contributed by atoms with Crippen molar-refractivity contribution in [3.05, 3.63) is 35.9 Å². The van der Waals surface area contributed by atoms with Crippen molar-refractivity contribution in [2.75, 3.05) is 13.1 Å². The molecule has 3 rings (SSSR count). The zero-order valence-corrected chi connectivity index (χ0v) is 13.1. The van der Waals surface area contributed by atoms with Gasteiger partial charge < -0.3 is 19.6 Å². The number of rotatable bonds is 4. The molecule has 1 unspecified atom stereocenters. The summed E-state index contributed by atoms with van der Waals surface area (Å²) in [4.78, 5) is 26.9. The molecule has 2 fully saturated rings. The first-order valence-electron chi connectivity index (χ1n) is 8.12. The smallest absolute Gasteiger partial charge is 0.410 e. The van der Waals surface area contributed by atoms with Gasteiger partial charge in [-0.05, 0) is 31.2 Å². The van der Waals surface area contributed by atoms with Crippen molar-refractivity contribution in [2.24, 2.45) is 0 Å². The van der Waals surface area contributed by atoms with E-state index >= 15 is 0 Å². The Labute approximate surface area is 135 Å². The first kappa shape index (κ1) is 15.6. The Morgan fingerprint density at radius 3 is 2.57 bits per heavy atom. The third-order valence-electron chi connectivity index (χ3n) is 4.42. The summed E-state index contributed by atoms with van der Waals surface area (Å²) in [6, 6.07) is 9.71. The number of piperidine rings is 1. The van der Waals surface area contributed by atoms with Crippen molar-refractivity contribution in [3.8, 4) is 0 Å². The quantitative estimate of drug-likeness (QED) is 0.926. The van der Waals surface area contributed by atoms with Crippen LogP contribution >= 0.6 is 0 Å². The molecule has 23 heavy (non-hydrogen) atoms. The number of carboxylic acid groups (broad SMARTS) is 1. The Morgan fingerprint density at radius 2 is 1.91 bits per heavy atom. The van der Waals surface area contributed by atoms with E-state index in [1.54, 1.807) is 4.90 Å². The fraction of sp³-hybridized carbons (Fsp3) is 0.529. The molecule has 0 radical (unpaired) electrons. The zero-order valence-electron chi connectivity index (χ0n) is 13.1. The second-order valence-corrected chi connectivity index (χ2v) is 6.20. The monoisotopic (exact) mass is 318 g/mol. The molecule has 0 bridgehead atoms. The maximum atomic E-state index is 12.5. The molecule has 1 aromatic carbocycles. The lowest BCUT2D eigenvalue weighted by atomic mass is 10.0. The van der Waals surface area contributed by atoms with Crippen LogP contribution in [0.15, 0.2) is 30.3 Å². The zero-order chi connectivity index (χ0) is 16.2. The molecule has 124 valence electrons. The van der Waals surface area contributed by atoms with Crippen LogP contribution in [0.2, 0.25) is 0 Å². The van der Waals surface area contributed by atoms with E-state index in [0.29, 0.717) is 13.1 Å². The molecular weight excluding hydrogens is 296 g/mol. The molecule has 6 heteroatoms. The van der Waals surface area contributed by atoms with Gasteiger partial charge in [0.25, 0.3) is 0 Å². The summed E-state index contributed by atoms with van der Waals surface area (Å²) in [5.41, 5.74) is 0.951. The number of benzene rings is 1. The predicted molar refractivity (Wildman–Crippen MR) is 84.1 cm³/mol. The number of nitrogens with zero attached hydrogens (tertiary/aromatic N) is 2. The maximum Gasteiger partial charge on any atom is 0.410 e. The minimum Gasteiger partial charge on any atom is -0.465 e. The van der Waals surface area contributed by atoms with Crippen LogP contribution < -0.4 is 0 Å². The van der Waals surface area contributed by atoms with Crippen molar-refractivity contribution in [3.63, 3.8) is 0 Å². The van der Waals surface area contributed by atoms with Gasteiger partial charge in [-0.2, -0.15) is 0 Å². The third-order valence-corrected chi connectivity index (χ3v) is 4.42. The highest BCUT2D eigenvalue weighted by atomic mass is 16.6. The maximum absolute atomic E-state index is 12.5. The number of likely N-dealkylation sites (tertiary alicyclic amines) is 1. The summed E-state index contributed by atoms with van der Waals surface area (Å²) < 4.78 is 5.46. The molecule has 1 aliphatic heterocycles. The van der Waals surface area contributed by atoms with Crippen LogP contribution in [0.4, 0.5) is 9.59 Å². The Kier molecular flexibility index (Phi) is 4.69. The highest BCUT2D eigenvalue weighted by Crippen LogP contribution is 2.32. The number of carbonyl (C=O) groups excluding carboxylic acids is 1. The molecule has 1 saturated heterocycles. The lowest BCUT2D eigenvalue weighted by Gasteiger charge is -2.37. The van der Waals surface area contributed by atoms with E-state index in [2.05, 4.69) is 0 Å². The minimum atomic E-state index is -0.914. The summed E-state index contributed by atoms with van der Waals surface area (Å²) in [6.07, 6.45) is 2.33. The number of hydrogen-bond donors (Lipinski definition) is 1. The van der Waals surface area contributed by atoms with E-state index in [4.69, 9.17) is 4.74 Å². The van der Waals surface area contributed by atoms with Gasteiger partial charge in [-0.15, -0.1) is 0 Å². The lowest BCUT2D eigenvalue weighted by Crippen LogP contribution is -2.52. The summed E-state index contributed by atoms with van der Waals surface area (Å²) in [5, 5.41) is 9.17. The second kappa shape index (κ2) is 6.89. The third kappa shape index (κ3) is 3.94. The van der Waals surface area contributed by atoms with Crippen LogP contribution in [-0.4, -0.2) is 52.3 Å². The van der Waals surface area contributed by atoms with E-state index < -0.39 is 6.09 Å². The van der Waals surface area contributed by atoms with Crippen molar-refractivity contribution < 1.29 is 19.4 Å². The topological polar surface area (TPSA) is 70.1 Å². The summed E-state index contributed by atoms with van der Waals surface area (Å²) >= 11 is 0. The van der Waals surface area contributed by atoms with E-state index in [0.717, 1.165) is 31.2 Å². The van der Waals surface area contributed by atoms with Gasteiger partial charge in [0.2, 0.25) is 0 Å². The fourth-order valence-electron chi connectivity index (χ4n) is 3.10. The molecule has 2 amide bonds. The molecule has 0 spiro atoms. The Bertz CT molecular complexity index is 559.